The van der Waals surface area contributed by atoms with E-state index in [0.717, 1.165) is 63.1 Å². The average Bonchev–Trinajstić information content (AvgIpc) is 2.99. The molecule has 27 heavy (non-hydrogen) atoms. The van der Waals surface area contributed by atoms with E-state index >= 15 is 0 Å². The van der Waals surface area contributed by atoms with Gasteiger partial charge in [-0.3, -0.25) is 14.5 Å². The smallest absolute Gasteiger partial charge is 0.252 e. The van der Waals surface area contributed by atoms with E-state index in [9.17, 15) is 9.59 Å². The molecule has 1 saturated heterocycles. The lowest BCUT2D eigenvalue weighted by atomic mass is 9.68. The Balaban J connectivity index is 1.69. The van der Waals surface area contributed by atoms with Gasteiger partial charge >= 0.3 is 0 Å². The van der Waals surface area contributed by atoms with Crippen molar-refractivity contribution in [3.8, 4) is 0 Å². The van der Waals surface area contributed by atoms with E-state index < -0.39 is 5.41 Å². The number of hydrogen-bond donors (Lipinski definition) is 2. The SMILES string of the molecule is CCN/C(CN1CCC2(CC1)C(=O)NN=C2C1CC=CCC1)=C(/Br)C(C)=O. The Kier molecular flexibility index (Phi) is 6.52. The molecule has 0 aromatic carbocycles. The predicted octanol–water partition coefficient (Wildman–Crippen LogP) is 2.72. The molecule has 1 spiro atoms. The van der Waals surface area contributed by atoms with Gasteiger partial charge in [-0.15, -0.1) is 0 Å². The molecule has 1 fully saturated rings. The monoisotopic (exact) mass is 436 g/mol. The number of piperidine rings is 1. The molecule has 7 heteroatoms. The Morgan fingerprint density at radius 2 is 2.15 bits per heavy atom. The van der Waals surface area contributed by atoms with Gasteiger partial charge < -0.3 is 5.32 Å². The first kappa shape index (κ1) is 20.3. The van der Waals surface area contributed by atoms with Crippen molar-refractivity contribution in [3.63, 3.8) is 0 Å². The van der Waals surface area contributed by atoms with Crippen LogP contribution < -0.4 is 10.7 Å². The van der Waals surface area contributed by atoms with Crippen molar-refractivity contribution in [2.24, 2.45) is 16.4 Å². The van der Waals surface area contributed by atoms with Gasteiger partial charge in [0.05, 0.1) is 15.6 Å². The van der Waals surface area contributed by atoms with E-state index in [0.29, 0.717) is 16.9 Å². The summed E-state index contributed by atoms with van der Waals surface area (Å²) in [6.45, 7) is 6.69. The number of amides is 1. The second-order valence-corrected chi connectivity index (χ2v) is 8.45. The molecule has 1 atom stereocenters. The molecular weight excluding hydrogens is 408 g/mol. The summed E-state index contributed by atoms with van der Waals surface area (Å²) in [5.74, 6) is 0.470. The fraction of sp³-hybridized carbons (Fsp3) is 0.650. The van der Waals surface area contributed by atoms with E-state index in [2.05, 4.69) is 48.8 Å². The molecule has 3 aliphatic rings. The minimum Gasteiger partial charge on any atom is -0.387 e. The van der Waals surface area contributed by atoms with E-state index in [4.69, 9.17) is 0 Å². The van der Waals surface area contributed by atoms with Gasteiger partial charge in [-0.1, -0.05) is 12.2 Å². The summed E-state index contributed by atoms with van der Waals surface area (Å²) in [5, 5.41) is 7.78. The lowest BCUT2D eigenvalue weighted by Crippen LogP contribution is -2.50. The van der Waals surface area contributed by atoms with Gasteiger partial charge in [-0.05, 0) is 75.0 Å². The van der Waals surface area contributed by atoms with Gasteiger partial charge in [0, 0.05) is 24.7 Å². The number of ketones is 1. The Morgan fingerprint density at radius 3 is 2.74 bits per heavy atom. The molecule has 6 nitrogen and oxygen atoms in total. The second-order valence-electron chi connectivity index (χ2n) is 7.66. The van der Waals surface area contributed by atoms with Crippen molar-refractivity contribution in [1.82, 2.24) is 15.6 Å². The number of likely N-dealkylation sites (tertiary alicyclic amines) is 1. The molecule has 1 amide bonds. The van der Waals surface area contributed by atoms with Gasteiger partial charge in [0.15, 0.2) is 5.78 Å². The highest BCUT2D eigenvalue weighted by Gasteiger charge is 2.51. The number of rotatable bonds is 6. The molecule has 0 aromatic rings. The maximum absolute atomic E-state index is 12.7. The largest absolute Gasteiger partial charge is 0.387 e. The number of hydrogen-bond acceptors (Lipinski definition) is 5. The number of halogens is 1. The van der Waals surface area contributed by atoms with Crippen molar-refractivity contribution in [2.45, 2.75) is 46.0 Å². The zero-order valence-corrected chi connectivity index (χ0v) is 17.8. The van der Waals surface area contributed by atoms with Crippen LogP contribution in [-0.4, -0.2) is 48.5 Å². The van der Waals surface area contributed by atoms with Crippen LogP contribution in [0.4, 0.5) is 0 Å². The summed E-state index contributed by atoms with van der Waals surface area (Å²) < 4.78 is 0.611. The molecule has 0 bridgehead atoms. The lowest BCUT2D eigenvalue weighted by Gasteiger charge is -2.40. The Bertz CT molecular complexity index is 690. The normalized spacial score (nSPS) is 25.8. The van der Waals surface area contributed by atoms with Crippen molar-refractivity contribution in [2.75, 3.05) is 26.2 Å². The number of nitrogens with zero attached hydrogens (tertiary/aromatic N) is 2. The molecule has 1 aliphatic carbocycles. The molecule has 0 radical (unpaired) electrons. The number of nitrogens with one attached hydrogen (secondary N) is 2. The number of carbonyl (C=O) groups excluding carboxylic acids is 2. The molecule has 148 valence electrons. The van der Waals surface area contributed by atoms with E-state index in [1.54, 1.807) is 6.92 Å². The summed E-state index contributed by atoms with van der Waals surface area (Å²) in [5.41, 5.74) is 4.32. The van der Waals surface area contributed by atoms with Crippen LogP contribution in [0.25, 0.3) is 0 Å². The molecule has 2 aliphatic heterocycles. The van der Waals surface area contributed by atoms with E-state index in [-0.39, 0.29) is 11.7 Å². The molecule has 3 rings (SSSR count). The van der Waals surface area contributed by atoms with Crippen LogP contribution >= 0.6 is 15.9 Å². The zero-order valence-electron chi connectivity index (χ0n) is 16.2. The van der Waals surface area contributed by atoms with Gasteiger partial charge in [0.2, 0.25) is 0 Å². The lowest BCUT2D eigenvalue weighted by molar-refractivity contribution is -0.128. The molecule has 0 saturated carbocycles. The zero-order chi connectivity index (χ0) is 19.4. The fourth-order valence-electron chi connectivity index (χ4n) is 4.39. The predicted molar refractivity (Wildman–Crippen MR) is 110 cm³/mol. The number of likely N-dealkylation sites (N-methyl/N-ethyl adjacent to an activating group) is 1. The average molecular weight is 437 g/mol. The van der Waals surface area contributed by atoms with Gasteiger partial charge in [-0.25, -0.2) is 5.43 Å². The highest BCUT2D eigenvalue weighted by molar-refractivity contribution is 9.12. The van der Waals surface area contributed by atoms with Crippen LogP contribution in [0.2, 0.25) is 0 Å². The van der Waals surface area contributed by atoms with Crippen LogP contribution in [0.1, 0.15) is 46.0 Å². The van der Waals surface area contributed by atoms with Gasteiger partial charge in [-0.2, -0.15) is 5.10 Å². The second kappa shape index (κ2) is 8.69. The van der Waals surface area contributed by atoms with Crippen LogP contribution in [0.5, 0.6) is 0 Å². The molecule has 1 unspecified atom stereocenters. The minimum atomic E-state index is -0.438. The third-order valence-electron chi connectivity index (χ3n) is 5.91. The first-order valence-electron chi connectivity index (χ1n) is 9.87. The summed E-state index contributed by atoms with van der Waals surface area (Å²) in [4.78, 5) is 26.7. The van der Waals surface area contributed by atoms with Crippen LogP contribution in [-0.2, 0) is 9.59 Å². The van der Waals surface area contributed by atoms with Crippen LogP contribution in [0, 0.1) is 11.3 Å². The molecule has 2 N–H and O–H groups in total. The van der Waals surface area contributed by atoms with Gasteiger partial charge in [0.25, 0.3) is 5.91 Å². The van der Waals surface area contributed by atoms with Crippen molar-refractivity contribution >= 4 is 33.3 Å². The first-order valence-corrected chi connectivity index (χ1v) is 10.7. The number of allylic oxidation sites excluding steroid dienone is 3. The Labute approximate surface area is 169 Å². The summed E-state index contributed by atoms with van der Waals surface area (Å²) >= 11 is 3.42. The van der Waals surface area contributed by atoms with E-state index in [1.165, 1.54) is 0 Å². The number of carbonyl (C=O) groups is 2. The van der Waals surface area contributed by atoms with Crippen molar-refractivity contribution < 1.29 is 9.59 Å². The molecule has 2 heterocycles. The summed E-state index contributed by atoms with van der Waals surface area (Å²) in [7, 11) is 0. The fourth-order valence-corrected chi connectivity index (χ4v) is 4.66. The number of hydrazone groups is 1. The third-order valence-corrected chi connectivity index (χ3v) is 6.95. The maximum atomic E-state index is 12.7. The van der Waals surface area contributed by atoms with Crippen LogP contribution in [0.15, 0.2) is 27.4 Å². The Morgan fingerprint density at radius 1 is 1.41 bits per heavy atom. The van der Waals surface area contributed by atoms with Crippen molar-refractivity contribution in [1.29, 1.82) is 0 Å². The topological polar surface area (TPSA) is 73.8 Å². The van der Waals surface area contributed by atoms with E-state index in [1.807, 2.05) is 6.92 Å². The highest BCUT2D eigenvalue weighted by atomic mass is 79.9. The van der Waals surface area contributed by atoms with Crippen LogP contribution in [0.3, 0.4) is 0 Å². The standard InChI is InChI=1S/C20H29BrN4O2/c1-3-22-16(17(21)14(2)26)13-25-11-9-20(10-12-25)18(23-24-19(20)27)15-7-5-4-6-8-15/h4-5,15,22H,3,6-13H2,1-2H3,(H,24,27)/b17-16+. The summed E-state index contributed by atoms with van der Waals surface area (Å²) in [6.07, 6.45) is 9.14. The van der Waals surface area contributed by atoms with Gasteiger partial charge in [0.1, 0.15) is 0 Å². The third kappa shape index (κ3) is 4.19. The first-order chi connectivity index (χ1) is 13.0. The summed E-state index contributed by atoms with van der Waals surface area (Å²) in [6, 6.07) is 0. The Hall–Kier alpha value is -1.47. The highest BCUT2D eigenvalue weighted by Crippen LogP contribution is 2.41. The van der Waals surface area contributed by atoms with Crippen molar-refractivity contribution in [3.05, 3.63) is 22.3 Å². The molecular formula is C20H29BrN4O2. The number of Topliss-reactive ketones (excluding diaryl/α,β-unsaturated/α-hetero) is 1. The molecule has 0 aromatic heterocycles. The minimum absolute atomic E-state index is 0.0226. The quantitative estimate of drug-likeness (QED) is 0.495. The maximum Gasteiger partial charge on any atom is 0.252 e.